The van der Waals surface area contributed by atoms with Crippen molar-refractivity contribution in [1.29, 1.82) is 0 Å². The molecule has 1 aromatic heterocycles. The lowest BCUT2D eigenvalue weighted by Gasteiger charge is -2.10. The van der Waals surface area contributed by atoms with Crippen molar-refractivity contribution < 1.29 is 4.79 Å². The lowest BCUT2D eigenvalue weighted by molar-refractivity contribution is 0.0949. The monoisotopic (exact) mass is 331 g/mol. The molecule has 3 aromatic rings. The van der Waals surface area contributed by atoms with E-state index in [1.165, 1.54) is 5.56 Å². The Kier molecular flexibility index (Phi) is 5.42. The molecule has 0 unspecified atom stereocenters. The summed E-state index contributed by atoms with van der Waals surface area (Å²) in [6.07, 6.45) is 2.44. The van der Waals surface area contributed by atoms with Gasteiger partial charge in [0.25, 0.3) is 5.91 Å². The van der Waals surface area contributed by atoms with Crippen molar-refractivity contribution >= 4 is 17.3 Å². The van der Waals surface area contributed by atoms with E-state index < -0.39 is 0 Å². The third-order valence-corrected chi connectivity index (χ3v) is 3.96. The molecule has 4 heteroatoms. The Labute approximate surface area is 147 Å². The summed E-state index contributed by atoms with van der Waals surface area (Å²) < 4.78 is 0. The summed E-state index contributed by atoms with van der Waals surface area (Å²) in [6.45, 7) is 2.63. The maximum absolute atomic E-state index is 12.3. The van der Waals surface area contributed by atoms with Crippen LogP contribution in [0.2, 0.25) is 0 Å². The topological polar surface area (TPSA) is 54.0 Å². The number of carbonyl (C=O) groups excluding carboxylic acids is 1. The SMILES string of the molecule is Cc1ccccc1Nc1ccnc(C(=O)NCCc2ccccc2)c1. The molecule has 1 amide bonds. The van der Waals surface area contributed by atoms with Gasteiger partial charge in [0, 0.05) is 24.1 Å². The first kappa shape index (κ1) is 16.7. The maximum Gasteiger partial charge on any atom is 0.269 e. The van der Waals surface area contributed by atoms with Gasteiger partial charge in [-0.2, -0.15) is 0 Å². The van der Waals surface area contributed by atoms with Crippen molar-refractivity contribution in [2.24, 2.45) is 0 Å². The van der Waals surface area contributed by atoms with Crippen LogP contribution in [0.1, 0.15) is 21.6 Å². The van der Waals surface area contributed by atoms with E-state index >= 15 is 0 Å². The lowest BCUT2D eigenvalue weighted by atomic mass is 10.1. The molecule has 2 aromatic carbocycles. The van der Waals surface area contributed by atoms with Gasteiger partial charge in [0.05, 0.1) is 0 Å². The van der Waals surface area contributed by atoms with Crippen molar-refractivity contribution in [3.63, 3.8) is 0 Å². The van der Waals surface area contributed by atoms with Gasteiger partial charge in [-0.25, -0.2) is 0 Å². The molecular formula is C21H21N3O. The fourth-order valence-electron chi connectivity index (χ4n) is 2.56. The Morgan fingerprint density at radius 1 is 1.00 bits per heavy atom. The number of rotatable bonds is 6. The van der Waals surface area contributed by atoms with Crippen LogP contribution in [0.4, 0.5) is 11.4 Å². The number of pyridine rings is 1. The zero-order valence-electron chi connectivity index (χ0n) is 14.2. The second kappa shape index (κ2) is 8.11. The van der Waals surface area contributed by atoms with Gasteiger partial charge in [0.1, 0.15) is 5.69 Å². The van der Waals surface area contributed by atoms with Crippen LogP contribution in [0, 0.1) is 6.92 Å². The molecule has 3 rings (SSSR count). The molecular weight excluding hydrogens is 310 g/mol. The van der Waals surface area contributed by atoms with E-state index in [2.05, 4.69) is 27.8 Å². The van der Waals surface area contributed by atoms with E-state index in [1.54, 1.807) is 12.3 Å². The number of amides is 1. The van der Waals surface area contributed by atoms with Crippen molar-refractivity contribution in [1.82, 2.24) is 10.3 Å². The average molecular weight is 331 g/mol. The molecule has 0 radical (unpaired) electrons. The number of benzene rings is 2. The molecule has 0 atom stereocenters. The first-order valence-corrected chi connectivity index (χ1v) is 8.33. The number of aromatic nitrogens is 1. The average Bonchev–Trinajstić information content (AvgIpc) is 2.65. The maximum atomic E-state index is 12.3. The first-order chi connectivity index (χ1) is 12.2. The fourth-order valence-corrected chi connectivity index (χ4v) is 2.56. The highest BCUT2D eigenvalue weighted by molar-refractivity contribution is 5.93. The molecule has 126 valence electrons. The molecule has 0 fully saturated rings. The number of hydrogen-bond donors (Lipinski definition) is 2. The molecule has 0 saturated carbocycles. The number of anilines is 2. The smallest absolute Gasteiger partial charge is 0.269 e. The van der Waals surface area contributed by atoms with Crippen LogP contribution in [0.25, 0.3) is 0 Å². The summed E-state index contributed by atoms with van der Waals surface area (Å²) in [5.41, 5.74) is 4.62. The molecule has 0 saturated heterocycles. The highest BCUT2D eigenvalue weighted by Gasteiger charge is 2.08. The van der Waals surface area contributed by atoms with E-state index in [9.17, 15) is 4.79 Å². The molecule has 0 aliphatic carbocycles. The summed E-state index contributed by atoms with van der Waals surface area (Å²) >= 11 is 0. The zero-order chi connectivity index (χ0) is 17.5. The zero-order valence-corrected chi connectivity index (χ0v) is 14.2. The quantitative estimate of drug-likeness (QED) is 0.715. The number of nitrogens with zero attached hydrogens (tertiary/aromatic N) is 1. The number of nitrogens with one attached hydrogen (secondary N) is 2. The summed E-state index contributed by atoms with van der Waals surface area (Å²) in [4.78, 5) is 16.5. The fraction of sp³-hybridized carbons (Fsp3) is 0.143. The van der Waals surface area contributed by atoms with E-state index in [0.29, 0.717) is 12.2 Å². The predicted molar refractivity (Wildman–Crippen MR) is 101 cm³/mol. The van der Waals surface area contributed by atoms with Crippen LogP contribution in [0.5, 0.6) is 0 Å². The summed E-state index contributed by atoms with van der Waals surface area (Å²) in [5.74, 6) is -0.163. The normalized spacial score (nSPS) is 10.3. The van der Waals surface area contributed by atoms with Gasteiger partial charge in [-0.3, -0.25) is 9.78 Å². The molecule has 4 nitrogen and oxygen atoms in total. The van der Waals surface area contributed by atoms with E-state index in [4.69, 9.17) is 0 Å². The summed E-state index contributed by atoms with van der Waals surface area (Å²) in [5, 5.41) is 6.25. The van der Waals surface area contributed by atoms with Crippen LogP contribution < -0.4 is 10.6 Å². The molecule has 0 bridgehead atoms. The van der Waals surface area contributed by atoms with Gasteiger partial charge < -0.3 is 10.6 Å². The highest BCUT2D eigenvalue weighted by atomic mass is 16.1. The predicted octanol–water partition coefficient (Wildman–Crippen LogP) is 4.11. The Bertz CT molecular complexity index is 847. The first-order valence-electron chi connectivity index (χ1n) is 8.33. The minimum Gasteiger partial charge on any atom is -0.355 e. The third kappa shape index (κ3) is 4.67. The van der Waals surface area contributed by atoms with Crippen molar-refractivity contribution in [2.75, 3.05) is 11.9 Å². The van der Waals surface area contributed by atoms with Crippen LogP contribution >= 0.6 is 0 Å². The summed E-state index contributed by atoms with van der Waals surface area (Å²) in [7, 11) is 0. The number of para-hydroxylation sites is 1. The standard InChI is InChI=1S/C21H21N3O/c1-16-7-5-6-10-19(16)24-18-12-14-22-20(15-18)21(25)23-13-11-17-8-3-2-4-9-17/h2-10,12,14-15H,11,13H2,1H3,(H,22,24)(H,23,25). The second-order valence-electron chi connectivity index (χ2n) is 5.86. The van der Waals surface area contributed by atoms with Gasteiger partial charge in [0.15, 0.2) is 0 Å². The van der Waals surface area contributed by atoms with Gasteiger partial charge in [-0.05, 0) is 42.7 Å². The molecule has 0 aliphatic heterocycles. The second-order valence-corrected chi connectivity index (χ2v) is 5.86. The Hall–Kier alpha value is -3.14. The Morgan fingerprint density at radius 2 is 1.76 bits per heavy atom. The van der Waals surface area contributed by atoms with Gasteiger partial charge in [-0.15, -0.1) is 0 Å². The number of aryl methyl sites for hydroxylation is 1. The van der Waals surface area contributed by atoms with E-state index in [0.717, 1.165) is 23.4 Å². The molecule has 0 aliphatic rings. The number of carbonyl (C=O) groups is 1. The van der Waals surface area contributed by atoms with Crippen LogP contribution in [-0.2, 0) is 6.42 Å². The highest BCUT2D eigenvalue weighted by Crippen LogP contribution is 2.20. The van der Waals surface area contributed by atoms with Gasteiger partial charge in [0.2, 0.25) is 0 Å². The van der Waals surface area contributed by atoms with Crippen LogP contribution in [0.3, 0.4) is 0 Å². The van der Waals surface area contributed by atoms with Crippen LogP contribution in [-0.4, -0.2) is 17.4 Å². The van der Waals surface area contributed by atoms with E-state index in [1.807, 2.05) is 55.5 Å². The Balaban J connectivity index is 1.60. The molecule has 1 heterocycles. The van der Waals surface area contributed by atoms with Crippen LogP contribution in [0.15, 0.2) is 72.9 Å². The minimum atomic E-state index is -0.163. The number of hydrogen-bond acceptors (Lipinski definition) is 3. The van der Waals surface area contributed by atoms with Crippen molar-refractivity contribution in [3.05, 3.63) is 89.7 Å². The van der Waals surface area contributed by atoms with Crippen molar-refractivity contribution in [3.8, 4) is 0 Å². The molecule has 2 N–H and O–H groups in total. The van der Waals surface area contributed by atoms with E-state index in [-0.39, 0.29) is 5.91 Å². The third-order valence-electron chi connectivity index (χ3n) is 3.96. The largest absolute Gasteiger partial charge is 0.355 e. The minimum absolute atomic E-state index is 0.163. The van der Waals surface area contributed by atoms with Gasteiger partial charge in [-0.1, -0.05) is 48.5 Å². The van der Waals surface area contributed by atoms with Crippen molar-refractivity contribution in [2.45, 2.75) is 13.3 Å². The van der Waals surface area contributed by atoms with Gasteiger partial charge >= 0.3 is 0 Å². The summed E-state index contributed by atoms with van der Waals surface area (Å²) in [6, 6.07) is 21.7. The molecule has 0 spiro atoms. The Morgan fingerprint density at radius 3 is 2.56 bits per heavy atom. The molecule has 25 heavy (non-hydrogen) atoms. The lowest BCUT2D eigenvalue weighted by Crippen LogP contribution is -2.26.